The van der Waals surface area contributed by atoms with Gasteiger partial charge >= 0.3 is 5.97 Å². The molecule has 7 nitrogen and oxygen atoms in total. The SMILES string of the molecule is CCN1C(=O)/C(=C/c2ccncc2)SC1=Nc1ccc(O)cc1C(=O)O. The molecule has 0 radical (unpaired) electrons. The molecule has 2 aromatic rings. The number of carboxylic acids is 1. The Morgan fingerprint density at radius 2 is 2.04 bits per heavy atom. The van der Waals surface area contributed by atoms with Gasteiger partial charge < -0.3 is 10.2 Å². The van der Waals surface area contributed by atoms with E-state index >= 15 is 0 Å². The quantitative estimate of drug-likeness (QED) is 0.803. The minimum atomic E-state index is -1.20. The van der Waals surface area contributed by atoms with Crippen LogP contribution in [0, 0.1) is 0 Å². The minimum absolute atomic E-state index is 0.131. The van der Waals surface area contributed by atoms with Gasteiger partial charge in [-0.15, -0.1) is 0 Å². The number of likely N-dealkylation sites (N-methyl/N-ethyl adjacent to an activating group) is 1. The lowest BCUT2D eigenvalue weighted by Crippen LogP contribution is -2.28. The van der Waals surface area contributed by atoms with E-state index in [0.717, 1.165) is 11.6 Å². The first-order valence-corrected chi connectivity index (χ1v) is 8.57. The van der Waals surface area contributed by atoms with Crippen LogP contribution in [0.2, 0.25) is 0 Å². The molecule has 2 N–H and O–H groups in total. The molecular formula is C18H15N3O4S. The van der Waals surface area contributed by atoms with Gasteiger partial charge in [0.15, 0.2) is 5.17 Å². The minimum Gasteiger partial charge on any atom is -0.508 e. The molecule has 0 bridgehead atoms. The summed E-state index contributed by atoms with van der Waals surface area (Å²) in [6, 6.07) is 7.48. The first-order valence-electron chi connectivity index (χ1n) is 7.76. The van der Waals surface area contributed by atoms with Gasteiger partial charge in [-0.1, -0.05) is 0 Å². The number of aromatic nitrogens is 1. The maximum absolute atomic E-state index is 12.6. The summed E-state index contributed by atoms with van der Waals surface area (Å²) in [7, 11) is 0. The standard InChI is InChI=1S/C18H15N3O4S/c1-2-21-16(23)15(9-11-5-7-19-8-6-11)26-18(21)20-14-4-3-12(22)10-13(14)17(24)25/h3-10,22H,2H2,1H3,(H,24,25)/b15-9-,20-18?. The molecule has 0 saturated carbocycles. The van der Waals surface area contributed by atoms with Crippen molar-refractivity contribution in [3.8, 4) is 5.75 Å². The van der Waals surface area contributed by atoms with E-state index in [0.29, 0.717) is 16.6 Å². The lowest BCUT2D eigenvalue weighted by Gasteiger charge is -2.12. The number of aromatic hydroxyl groups is 1. The van der Waals surface area contributed by atoms with Gasteiger partial charge in [0, 0.05) is 18.9 Å². The number of benzene rings is 1. The molecule has 1 saturated heterocycles. The van der Waals surface area contributed by atoms with Crippen molar-refractivity contribution in [2.45, 2.75) is 6.92 Å². The molecule has 0 atom stereocenters. The molecule has 3 rings (SSSR count). The van der Waals surface area contributed by atoms with E-state index in [1.807, 2.05) is 6.92 Å². The van der Waals surface area contributed by atoms with Crippen LogP contribution in [-0.2, 0) is 4.79 Å². The van der Waals surface area contributed by atoms with Crippen LogP contribution in [-0.4, -0.2) is 43.7 Å². The third-order valence-electron chi connectivity index (χ3n) is 3.63. The molecule has 2 heterocycles. The van der Waals surface area contributed by atoms with E-state index in [1.54, 1.807) is 30.6 Å². The molecule has 26 heavy (non-hydrogen) atoms. The predicted octanol–water partition coefficient (Wildman–Crippen LogP) is 3.11. The summed E-state index contributed by atoms with van der Waals surface area (Å²) in [6.07, 6.45) is 5.02. The number of carboxylic acid groups (broad SMARTS) is 1. The summed E-state index contributed by atoms with van der Waals surface area (Å²) < 4.78 is 0. The average molecular weight is 369 g/mol. The second kappa shape index (κ2) is 7.40. The zero-order chi connectivity index (χ0) is 18.7. The van der Waals surface area contributed by atoms with Crippen molar-refractivity contribution in [1.29, 1.82) is 0 Å². The number of hydrogen-bond acceptors (Lipinski definition) is 6. The Morgan fingerprint density at radius 3 is 2.69 bits per heavy atom. The van der Waals surface area contributed by atoms with E-state index in [9.17, 15) is 19.8 Å². The van der Waals surface area contributed by atoms with Crippen molar-refractivity contribution in [3.63, 3.8) is 0 Å². The van der Waals surface area contributed by atoms with Crippen LogP contribution >= 0.6 is 11.8 Å². The number of amides is 1. The number of phenolic OH excluding ortho intramolecular Hbond substituents is 1. The van der Waals surface area contributed by atoms with Gasteiger partial charge in [0.25, 0.3) is 5.91 Å². The smallest absolute Gasteiger partial charge is 0.338 e. The maximum atomic E-state index is 12.6. The van der Waals surface area contributed by atoms with Crippen LogP contribution in [0.3, 0.4) is 0 Å². The lowest BCUT2D eigenvalue weighted by molar-refractivity contribution is -0.122. The van der Waals surface area contributed by atoms with Gasteiger partial charge in [0.1, 0.15) is 5.75 Å². The van der Waals surface area contributed by atoms with Crippen LogP contribution in [0.1, 0.15) is 22.8 Å². The highest BCUT2D eigenvalue weighted by molar-refractivity contribution is 8.18. The van der Waals surface area contributed by atoms with Crippen molar-refractivity contribution < 1.29 is 19.8 Å². The summed E-state index contributed by atoms with van der Waals surface area (Å²) in [5.74, 6) is -1.55. The molecule has 0 aliphatic carbocycles. The van der Waals surface area contributed by atoms with E-state index in [-0.39, 0.29) is 22.9 Å². The molecule has 1 fully saturated rings. The zero-order valence-electron chi connectivity index (χ0n) is 13.8. The van der Waals surface area contributed by atoms with Crippen molar-refractivity contribution in [3.05, 3.63) is 58.8 Å². The second-order valence-electron chi connectivity index (χ2n) is 5.34. The average Bonchev–Trinajstić information content (AvgIpc) is 2.91. The number of phenols is 1. The molecule has 1 aromatic heterocycles. The van der Waals surface area contributed by atoms with E-state index in [1.165, 1.54) is 28.8 Å². The Labute approximate surface area is 153 Å². The predicted molar refractivity (Wildman–Crippen MR) is 99.4 cm³/mol. The van der Waals surface area contributed by atoms with Crippen molar-refractivity contribution in [2.75, 3.05) is 6.54 Å². The highest BCUT2D eigenvalue weighted by atomic mass is 32.2. The van der Waals surface area contributed by atoms with Gasteiger partial charge in [-0.05, 0) is 60.7 Å². The molecule has 1 amide bonds. The molecule has 1 aliphatic rings. The Balaban J connectivity index is 2.00. The Morgan fingerprint density at radius 1 is 1.31 bits per heavy atom. The summed E-state index contributed by atoms with van der Waals surface area (Å²) >= 11 is 1.18. The van der Waals surface area contributed by atoms with Crippen LogP contribution < -0.4 is 0 Å². The molecule has 1 aromatic carbocycles. The van der Waals surface area contributed by atoms with Gasteiger partial charge in [0.05, 0.1) is 16.2 Å². The van der Waals surface area contributed by atoms with Crippen molar-refractivity contribution in [1.82, 2.24) is 9.88 Å². The first-order chi connectivity index (χ1) is 12.5. The van der Waals surface area contributed by atoms with Crippen LogP contribution in [0.5, 0.6) is 5.75 Å². The molecule has 132 valence electrons. The van der Waals surface area contributed by atoms with Crippen LogP contribution in [0.25, 0.3) is 6.08 Å². The fourth-order valence-electron chi connectivity index (χ4n) is 2.38. The van der Waals surface area contributed by atoms with E-state index in [4.69, 9.17) is 0 Å². The summed E-state index contributed by atoms with van der Waals surface area (Å²) in [4.78, 5) is 34.3. The van der Waals surface area contributed by atoms with Crippen LogP contribution in [0.15, 0.2) is 52.6 Å². The third kappa shape index (κ3) is 3.60. The number of aromatic carboxylic acids is 1. The second-order valence-corrected chi connectivity index (χ2v) is 6.35. The Bertz CT molecular complexity index is 925. The fourth-order valence-corrected chi connectivity index (χ4v) is 3.43. The van der Waals surface area contributed by atoms with Gasteiger partial charge in [-0.2, -0.15) is 0 Å². The Kier molecular flexibility index (Phi) is 5.04. The zero-order valence-corrected chi connectivity index (χ0v) is 14.6. The highest BCUT2D eigenvalue weighted by Crippen LogP contribution is 2.35. The maximum Gasteiger partial charge on any atom is 0.338 e. The van der Waals surface area contributed by atoms with Crippen molar-refractivity contribution >= 4 is 40.6 Å². The number of pyridine rings is 1. The normalized spacial score (nSPS) is 17.3. The topological polar surface area (TPSA) is 103 Å². The number of hydrogen-bond donors (Lipinski definition) is 2. The monoisotopic (exact) mass is 369 g/mol. The van der Waals surface area contributed by atoms with Gasteiger partial charge in [-0.25, -0.2) is 9.79 Å². The third-order valence-corrected chi connectivity index (χ3v) is 4.64. The number of carbonyl (C=O) groups excluding carboxylic acids is 1. The van der Waals surface area contributed by atoms with E-state index < -0.39 is 5.97 Å². The molecule has 0 spiro atoms. The number of carbonyl (C=O) groups is 2. The number of aliphatic imine (C=N–C) groups is 1. The summed E-state index contributed by atoms with van der Waals surface area (Å²) in [5, 5.41) is 19.2. The molecule has 1 aliphatic heterocycles. The fraction of sp³-hybridized carbons (Fsp3) is 0.111. The van der Waals surface area contributed by atoms with Gasteiger partial charge in [0.2, 0.25) is 0 Å². The number of nitrogens with zero attached hydrogens (tertiary/aromatic N) is 3. The molecule has 8 heteroatoms. The molecule has 0 unspecified atom stereocenters. The number of thioether (sulfide) groups is 1. The summed E-state index contributed by atoms with van der Waals surface area (Å²) in [5.41, 5.74) is 0.881. The lowest BCUT2D eigenvalue weighted by atomic mass is 10.2. The van der Waals surface area contributed by atoms with Crippen LogP contribution in [0.4, 0.5) is 5.69 Å². The largest absolute Gasteiger partial charge is 0.508 e. The summed E-state index contributed by atoms with van der Waals surface area (Å²) in [6.45, 7) is 2.22. The number of amidine groups is 1. The molecular weight excluding hydrogens is 354 g/mol. The van der Waals surface area contributed by atoms with E-state index in [2.05, 4.69) is 9.98 Å². The van der Waals surface area contributed by atoms with Crippen molar-refractivity contribution in [2.24, 2.45) is 4.99 Å². The Hall–Kier alpha value is -3.13. The highest BCUT2D eigenvalue weighted by Gasteiger charge is 2.32. The number of rotatable bonds is 4. The first kappa shape index (κ1) is 17.7. The van der Waals surface area contributed by atoms with Gasteiger partial charge in [-0.3, -0.25) is 14.7 Å².